The maximum atomic E-state index is 13.2. The molecule has 1 atom stereocenters. The molecule has 5 nitrogen and oxygen atoms in total. The minimum atomic E-state index is -0.850. The first-order valence-electron chi connectivity index (χ1n) is 9.71. The van der Waals surface area contributed by atoms with Gasteiger partial charge in [-0.1, -0.05) is 51.1 Å². The lowest BCUT2D eigenvalue weighted by atomic mass is 10.0. The zero-order chi connectivity index (χ0) is 20.4. The minimum absolute atomic E-state index is 0.141. The summed E-state index contributed by atoms with van der Waals surface area (Å²) in [7, 11) is 0. The SMILES string of the molecule is CCc1cccc(C)c1NC(=O)[C@@H](CC(C)C)N1C(=O)c2ccccc2C1=O. The van der Waals surface area contributed by atoms with E-state index in [-0.39, 0.29) is 11.8 Å². The molecule has 0 radical (unpaired) electrons. The number of hydrogen-bond donors (Lipinski definition) is 1. The number of para-hydroxylation sites is 1. The fraction of sp³-hybridized carbons (Fsp3) is 0.348. The van der Waals surface area contributed by atoms with E-state index < -0.39 is 17.9 Å². The fourth-order valence-corrected chi connectivity index (χ4v) is 3.68. The first-order valence-corrected chi connectivity index (χ1v) is 9.71. The predicted molar refractivity (Wildman–Crippen MR) is 109 cm³/mol. The Hall–Kier alpha value is -2.95. The van der Waals surface area contributed by atoms with Gasteiger partial charge < -0.3 is 5.32 Å². The molecule has 0 saturated heterocycles. The third-order valence-electron chi connectivity index (χ3n) is 5.12. The monoisotopic (exact) mass is 378 g/mol. The van der Waals surface area contributed by atoms with Gasteiger partial charge in [-0.3, -0.25) is 19.3 Å². The van der Waals surface area contributed by atoms with Crippen molar-refractivity contribution in [1.82, 2.24) is 4.90 Å². The van der Waals surface area contributed by atoms with Gasteiger partial charge >= 0.3 is 0 Å². The number of rotatable bonds is 6. The number of nitrogens with one attached hydrogen (secondary N) is 1. The average molecular weight is 378 g/mol. The van der Waals surface area contributed by atoms with Crippen LogP contribution in [0.5, 0.6) is 0 Å². The molecule has 0 aromatic heterocycles. The van der Waals surface area contributed by atoms with Gasteiger partial charge in [0.05, 0.1) is 11.1 Å². The van der Waals surface area contributed by atoms with Crippen LogP contribution in [0.2, 0.25) is 0 Å². The van der Waals surface area contributed by atoms with E-state index in [0.717, 1.165) is 28.1 Å². The van der Waals surface area contributed by atoms with Crippen LogP contribution in [0.3, 0.4) is 0 Å². The van der Waals surface area contributed by atoms with E-state index in [0.29, 0.717) is 17.5 Å². The Bertz CT molecular complexity index is 898. The summed E-state index contributed by atoms with van der Waals surface area (Å²) >= 11 is 0. The Kier molecular flexibility index (Phi) is 5.63. The molecule has 1 aliphatic heterocycles. The molecule has 2 aromatic rings. The van der Waals surface area contributed by atoms with Gasteiger partial charge in [-0.15, -0.1) is 0 Å². The van der Waals surface area contributed by atoms with Crippen LogP contribution < -0.4 is 5.32 Å². The van der Waals surface area contributed by atoms with E-state index in [1.165, 1.54) is 0 Å². The van der Waals surface area contributed by atoms with Gasteiger partial charge in [0.2, 0.25) is 5.91 Å². The normalized spacial score (nSPS) is 14.4. The van der Waals surface area contributed by atoms with Gasteiger partial charge in [-0.2, -0.15) is 0 Å². The second kappa shape index (κ2) is 7.97. The minimum Gasteiger partial charge on any atom is -0.324 e. The molecule has 1 heterocycles. The summed E-state index contributed by atoms with van der Waals surface area (Å²) < 4.78 is 0. The summed E-state index contributed by atoms with van der Waals surface area (Å²) in [6.07, 6.45) is 1.18. The van der Waals surface area contributed by atoms with Crippen molar-refractivity contribution < 1.29 is 14.4 Å². The molecule has 28 heavy (non-hydrogen) atoms. The van der Waals surface area contributed by atoms with Crippen molar-refractivity contribution in [3.63, 3.8) is 0 Å². The number of aryl methyl sites for hydroxylation is 2. The number of nitrogens with zero attached hydrogens (tertiary/aromatic N) is 1. The number of benzene rings is 2. The molecule has 146 valence electrons. The Morgan fingerprint density at radius 2 is 1.61 bits per heavy atom. The zero-order valence-electron chi connectivity index (χ0n) is 16.8. The van der Waals surface area contributed by atoms with Crippen LogP contribution in [0.4, 0.5) is 5.69 Å². The first kappa shape index (κ1) is 19.8. The number of imide groups is 1. The third kappa shape index (κ3) is 3.57. The lowest BCUT2D eigenvalue weighted by Gasteiger charge is -2.27. The van der Waals surface area contributed by atoms with Gasteiger partial charge in [-0.05, 0) is 48.9 Å². The number of anilines is 1. The highest BCUT2D eigenvalue weighted by Crippen LogP contribution is 2.28. The number of hydrogen-bond acceptors (Lipinski definition) is 3. The van der Waals surface area contributed by atoms with Gasteiger partial charge in [-0.25, -0.2) is 0 Å². The maximum Gasteiger partial charge on any atom is 0.262 e. The Labute approximate surface area is 165 Å². The van der Waals surface area contributed by atoms with E-state index in [1.54, 1.807) is 24.3 Å². The highest BCUT2D eigenvalue weighted by atomic mass is 16.2. The molecule has 0 fully saturated rings. The molecule has 5 heteroatoms. The third-order valence-corrected chi connectivity index (χ3v) is 5.12. The Balaban J connectivity index is 1.95. The number of fused-ring (bicyclic) bond motifs is 1. The first-order chi connectivity index (χ1) is 13.3. The van der Waals surface area contributed by atoms with Gasteiger partial charge in [0.25, 0.3) is 11.8 Å². The summed E-state index contributed by atoms with van der Waals surface area (Å²) in [6, 6.07) is 11.7. The molecule has 1 aliphatic rings. The fourth-order valence-electron chi connectivity index (χ4n) is 3.68. The van der Waals surface area contributed by atoms with Crippen LogP contribution in [0.15, 0.2) is 42.5 Å². The van der Waals surface area contributed by atoms with Gasteiger partial charge in [0.15, 0.2) is 0 Å². The van der Waals surface area contributed by atoms with E-state index in [2.05, 4.69) is 5.32 Å². The predicted octanol–water partition coefficient (Wildman–Crippen LogP) is 4.21. The van der Waals surface area contributed by atoms with Crippen LogP contribution in [0.1, 0.15) is 59.0 Å². The molecule has 3 rings (SSSR count). The van der Waals surface area contributed by atoms with E-state index in [9.17, 15) is 14.4 Å². The van der Waals surface area contributed by atoms with Crippen molar-refractivity contribution in [2.24, 2.45) is 5.92 Å². The molecule has 1 N–H and O–H groups in total. The van der Waals surface area contributed by atoms with Crippen LogP contribution >= 0.6 is 0 Å². The number of amides is 3. The van der Waals surface area contributed by atoms with Crippen LogP contribution in [0.25, 0.3) is 0 Å². The second-order valence-corrected chi connectivity index (χ2v) is 7.62. The van der Waals surface area contributed by atoms with Crippen molar-refractivity contribution in [3.05, 3.63) is 64.7 Å². The molecule has 0 aliphatic carbocycles. The van der Waals surface area contributed by atoms with E-state index in [4.69, 9.17) is 0 Å². The summed E-state index contributed by atoms with van der Waals surface area (Å²) in [5.41, 5.74) is 3.47. The van der Waals surface area contributed by atoms with Crippen molar-refractivity contribution in [2.45, 2.75) is 46.6 Å². The second-order valence-electron chi connectivity index (χ2n) is 7.62. The van der Waals surface area contributed by atoms with Crippen molar-refractivity contribution >= 4 is 23.4 Å². The largest absolute Gasteiger partial charge is 0.324 e. The Morgan fingerprint density at radius 3 is 2.14 bits per heavy atom. The molecule has 0 saturated carbocycles. The topological polar surface area (TPSA) is 66.5 Å². The lowest BCUT2D eigenvalue weighted by Crippen LogP contribution is -2.48. The molecular weight excluding hydrogens is 352 g/mol. The average Bonchev–Trinajstić information content (AvgIpc) is 2.92. The van der Waals surface area contributed by atoms with Gasteiger partial charge in [0, 0.05) is 5.69 Å². The molecular formula is C23H26N2O3. The lowest BCUT2D eigenvalue weighted by molar-refractivity contribution is -0.120. The smallest absolute Gasteiger partial charge is 0.262 e. The van der Waals surface area contributed by atoms with Gasteiger partial charge in [0.1, 0.15) is 6.04 Å². The maximum absolute atomic E-state index is 13.2. The molecule has 0 spiro atoms. The van der Waals surface area contributed by atoms with Crippen molar-refractivity contribution in [1.29, 1.82) is 0 Å². The highest BCUT2D eigenvalue weighted by Gasteiger charge is 2.42. The zero-order valence-corrected chi connectivity index (χ0v) is 16.8. The standard InChI is InChI=1S/C23H26N2O3/c1-5-16-10-8-9-15(4)20(16)24-21(26)19(13-14(2)3)25-22(27)17-11-6-7-12-18(17)23(25)28/h6-12,14,19H,5,13H2,1-4H3,(H,24,26)/t19-/m1/s1. The number of carbonyl (C=O) groups excluding carboxylic acids is 3. The van der Waals surface area contributed by atoms with Crippen molar-refractivity contribution in [3.8, 4) is 0 Å². The summed E-state index contributed by atoms with van der Waals surface area (Å²) in [6.45, 7) is 7.92. The molecule has 0 unspecified atom stereocenters. The summed E-state index contributed by atoms with van der Waals surface area (Å²) in [5.74, 6) is -0.987. The quantitative estimate of drug-likeness (QED) is 0.766. The van der Waals surface area contributed by atoms with E-state index in [1.807, 2.05) is 45.9 Å². The van der Waals surface area contributed by atoms with Crippen molar-refractivity contribution in [2.75, 3.05) is 5.32 Å². The Morgan fingerprint density at radius 1 is 1.00 bits per heavy atom. The van der Waals surface area contributed by atoms with E-state index >= 15 is 0 Å². The number of carbonyl (C=O) groups is 3. The summed E-state index contributed by atoms with van der Waals surface area (Å²) in [5, 5.41) is 2.99. The molecule has 3 amide bonds. The van der Waals surface area contributed by atoms with Crippen LogP contribution in [-0.2, 0) is 11.2 Å². The molecule has 0 bridgehead atoms. The summed E-state index contributed by atoms with van der Waals surface area (Å²) in [4.78, 5) is 40.2. The highest BCUT2D eigenvalue weighted by molar-refractivity contribution is 6.23. The molecule has 2 aromatic carbocycles. The van der Waals surface area contributed by atoms with Crippen LogP contribution in [0, 0.1) is 12.8 Å². The van der Waals surface area contributed by atoms with Crippen LogP contribution in [-0.4, -0.2) is 28.7 Å².